The zero-order valence-corrected chi connectivity index (χ0v) is 14.8. The summed E-state index contributed by atoms with van der Waals surface area (Å²) in [5.74, 6) is -0.586. The summed E-state index contributed by atoms with van der Waals surface area (Å²) in [7, 11) is 0. The van der Waals surface area contributed by atoms with Crippen LogP contribution in [-0.2, 0) is 9.59 Å². The molecule has 0 unspecified atom stereocenters. The average Bonchev–Trinajstić information content (AvgIpc) is 2.51. The first kappa shape index (κ1) is 18.3. The quantitative estimate of drug-likeness (QED) is 0.708. The van der Waals surface area contributed by atoms with Crippen LogP contribution in [-0.4, -0.2) is 11.8 Å². The molecule has 24 heavy (non-hydrogen) atoms. The van der Waals surface area contributed by atoms with Crippen LogP contribution in [0, 0.1) is 0 Å². The molecule has 2 rings (SSSR count). The summed E-state index contributed by atoms with van der Waals surface area (Å²) >= 11 is 17.8. The van der Waals surface area contributed by atoms with Crippen molar-refractivity contribution in [3.63, 3.8) is 0 Å². The van der Waals surface area contributed by atoms with Crippen LogP contribution in [0.3, 0.4) is 0 Å². The van der Waals surface area contributed by atoms with E-state index in [9.17, 15) is 9.59 Å². The number of carbonyl (C=O) groups excluding carboxylic acids is 2. The third kappa shape index (κ3) is 5.27. The van der Waals surface area contributed by atoms with Gasteiger partial charge in [-0.1, -0.05) is 40.9 Å². The Hall–Kier alpha value is -2.01. The summed E-state index contributed by atoms with van der Waals surface area (Å²) in [6, 6.07) is 9.85. The molecular weight excluding hydrogens is 371 g/mol. The van der Waals surface area contributed by atoms with Gasteiger partial charge in [0.25, 0.3) is 0 Å². The van der Waals surface area contributed by atoms with Crippen LogP contribution in [0.4, 0.5) is 11.4 Å². The van der Waals surface area contributed by atoms with Crippen LogP contribution in [0.5, 0.6) is 0 Å². The summed E-state index contributed by atoms with van der Waals surface area (Å²) < 4.78 is 0. The minimum absolute atomic E-state index is 0.214. The van der Waals surface area contributed by atoms with E-state index in [-0.39, 0.29) is 11.8 Å². The number of benzene rings is 2. The second-order valence-electron chi connectivity index (χ2n) is 4.87. The summed E-state index contributed by atoms with van der Waals surface area (Å²) in [6.07, 6.45) is 2.95. The third-order valence-corrected chi connectivity index (χ3v) is 3.98. The number of anilines is 2. The number of hydrogen-bond donors (Lipinski definition) is 2. The molecule has 0 aliphatic carbocycles. The molecule has 0 aliphatic rings. The van der Waals surface area contributed by atoms with E-state index in [1.807, 2.05) is 0 Å². The van der Waals surface area contributed by atoms with Crippen LogP contribution in [0.15, 0.2) is 42.5 Å². The van der Waals surface area contributed by atoms with E-state index < -0.39 is 0 Å². The number of halogens is 3. The highest BCUT2D eigenvalue weighted by molar-refractivity contribution is 6.42. The topological polar surface area (TPSA) is 58.2 Å². The van der Waals surface area contributed by atoms with Gasteiger partial charge in [-0.2, -0.15) is 0 Å². The SMILES string of the molecule is CC(=O)Nc1ccc(Cl)c(NC(=O)C=Cc2ccc(Cl)c(Cl)c2)c1. The van der Waals surface area contributed by atoms with E-state index >= 15 is 0 Å². The van der Waals surface area contributed by atoms with Crippen LogP contribution in [0.25, 0.3) is 6.08 Å². The zero-order valence-electron chi connectivity index (χ0n) is 12.6. The molecule has 7 heteroatoms. The van der Waals surface area contributed by atoms with Crippen molar-refractivity contribution >= 4 is 64.1 Å². The molecule has 2 amide bonds. The maximum atomic E-state index is 12.0. The molecule has 4 nitrogen and oxygen atoms in total. The molecule has 0 bridgehead atoms. The fourth-order valence-electron chi connectivity index (χ4n) is 1.86. The van der Waals surface area contributed by atoms with Gasteiger partial charge in [0.05, 0.1) is 20.8 Å². The van der Waals surface area contributed by atoms with Gasteiger partial charge in [0.2, 0.25) is 11.8 Å². The fraction of sp³-hybridized carbons (Fsp3) is 0.0588. The minimum Gasteiger partial charge on any atom is -0.326 e. The summed E-state index contributed by atoms with van der Waals surface area (Å²) in [5.41, 5.74) is 1.67. The molecule has 124 valence electrons. The Morgan fingerprint density at radius 3 is 2.29 bits per heavy atom. The van der Waals surface area contributed by atoms with E-state index in [4.69, 9.17) is 34.8 Å². The molecule has 2 aromatic rings. The van der Waals surface area contributed by atoms with Crippen molar-refractivity contribution in [1.29, 1.82) is 0 Å². The van der Waals surface area contributed by atoms with Gasteiger partial charge in [-0.3, -0.25) is 9.59 Å². The van der Waals surface area contributed by atoms with E-state index in [1.165, 1.54) is 13.0 Å². The predicted molar refractivity (Wildman–Crippen MR) is 99.9 cm³/mol. The monoisotopic (exact) mass is 382 g/mol. The smallest absolute Gasteiger partial charge is 0.248 e. The lowest BCUT2D eigenvalue weighted by Gasteiger charge is -2.08. The van der Waals surface area contributed by atoms with Crippen molar-refractivity contribution < 1.29 is 9.59 Å². The second kappa shape index (κ2) is 8.20. The van der Waals surface area contributed by atoms with E-state index in [0.29, 0.717) is 26.4 Å². The van der Waals surface area contributed by atoms with Gasteiger partial charge < -0.3 is 10.6 Å². The van der Waals surface area contributed by atoms with Crippen LogP contribution in [0.2, 0.25) is 15.1 Å². The van der Waals surface area contributed by atoms with E-state index in [0.717, 1.165) is 5.56 Å². The maximum absolute atomic E-state index is 12.0. The van der Waals surface area contributed by atoms with Gasteiger partial charge in [0, 0.05) is 18.7 Å². The first-order chi connectivity index (χ1) is 11.3. The molecule has 0 atom stereocenters. The van der Waals surface area contributed by atoms with Gasteiger partial charge in [-0.15, -0.1) is 0 Å². The number of rotatable bonds is 4. The van der Waals surface area contributed by atoms with Crippen molar-refractivity contribution in [3.8, 4) is 0 Å². The highest BCUT2D eigenvalue weighted by Crippen LogP contribution is 2.26. The maximum Gasteiger partial charge on any atom is 0.248 e. The average molecular weight is 384 g/mol. The Labute approximate surface area is 154 Å². The first-order valence-electron chi connectivity index (χ1n) is 6.86. The normalized spacial score (nSPS) is 10.7. The van der Waals surface area contributed by atoms with Gasteiger partial charge in [-0.25, -0.2) is 0 Å². The summed E-state index contributed by atoms with van der Waals surface area (Å²) in [4.78, 5) is 23.1. The molecule has 0 saturated heterocycles. The minimum atomic E-state index is -0.372. The Morgan fingerprint density at radius 2 is 1.62 bits per heavy atom. The summed E-state index contributed by atoms with van der Waals surface area (Å²) in [6.45, 7) is 1.40. The zero-order chi connectivity index (χ0) is 17.7. The Kier molecular flexibility index (Phi) is 6.26. The molecule has 0 spiro atoms. The van der Waals surface area contributed by atoms with Crippen molar-refractivity contribution in [1.82, 2.24) is 0 Å². The molecule has 0 heterocycles. The number of carbonyl (C=O) groups is 2. The lowest BCUT2D eigenvalue weighted by Crippen LogP contribution is -2.10. The predicted octanol–water partition coefficient (Wildman–Crippen LogP) is 5.26. The Balaban J connectivity index is 2.10. The molecule has 0 saturated carbocycles. The lowest BCUT2D eigenvalue weighted by molar-refractivity contribution is -0.114. The molecule has 0 aromatic heterocycles. The lowest BCUT2D eigenvalue weighted by atomic mass is 10.2. The fourth-order valence-corrected chi connectivity index (χ4v) is 2.34. The van der Waals surface area contributed by atoms with Crippen LogP contribution in [0.1, 0.15) is 12.5 Å². The van der Waals surface area contributed by atoms with E-state index in [1.54, 1.807) is 42.5 Å². The van der Waals surface area contributed by atoms with Gasteiger partial charge in [0.15, 0.2) is 0 Å². The highest BCUT2D eigenvalue weighted by atomic mass is 35.5. The number of hydrogen-bond acceptors (Lipinski definition) is 2. The highest BCUT2D eigenvalue weighted by Gasteiger charge is 2.06. The number of amides is 2. The van der Waals surface area contributed by atoms with Crippen molar-refractivity contribution in [3.05, 3.63) is 63.1 Å². The van der Waals surface area contributed by atoms with Crippen LogP contribution < -0.4 is 10.6 Å². The van der Waals surface area contributed by atoms with Crippen LogP contribution >= 0.6 is 34.8 Å². The molecule has 0 fully saturated rings. The van der Waals surface area contributed by atoms with Gasteiger partial charge in [-0.05, 0) is 42.0 Å². The molecule has 2 N–H and O–H groups in total. The number of nitrogens with one attached hydrogen (secondary N) is 2. The molecule has 2 aromatic carbocycles. The summed E-state index contributed by atoms with van der Waals surface area (Å²) in [5, 5.41) is 6.49. The first-order valence-corrected chi connectivity index (χ1v) is 8.00. The van der Waals surface area contributed by atoms with Gasteiger partial charge >= 0.3 is 0 Å². The van der Waals surface area contributed by atoms with Crippen molar-refractivity contribution in [2.45, 2.75) is 6.92 Å². The molecule has 0 aliphatic heterocycles. The van der Waals surface area contributed by atoms with Crippen molar-refractivity contribution in [2.75, 3.05) is 10.6 Å². The second-order valence-corrected chi connectivity index (χ2v) is 6.09. The van der Waals surface area contributed by atoms with Gasteiger partial charge in [0.1, 0.15) is 0 Å². The molecule has 0 radical (unpaired) electrons. The molecular formula is C17H13Cl3N2O2. The Bertz CT molecular complexity index is 819. The third-order valence-electron chi connectivity index (χ3n) is 2.92. The standard InChI is InChI=1S/C17H13Cl3N2O2/c1-10(23)21-12-4-6-14(19)16(9-12)22-17(24)7-3-11-2-5-13(18)15(20)8-11/h2-9H,1H3,(H,21,23)(H,22,24). The van der Waals surface area contributed by atoms with E-state index in [2.05, 4.69) is 10.6 Å². The van der Waals surface area contributed by atoms with Crippen molar-refractivity contribution in [2.24, 2.45) is 0 Å². The largest absolute Gasteiger partial charge is 0.326 e. The Morgan fingerprint density at radius 1 is 0.917 bits per heavy atom.